The fourth-order valence-electron chi connectivity index (χ4n) is 6.80. The smallest absolute Gasteiger partial charge is 0.0209 e. The molecule has 0 amide bonds. The van der Waals surface area contributed by atoms with Crippen molar-refractivity contribution in [2.24, 2.45) is 22.5 Å². The molecule has 0 aromatic rings. The van der Waals surface area contributed by atoms with Crippen molar-refractivity contribution in [3.8, 4) is 0 Å². The molecule has 0 fully saturated rings. The monoisotopic (exact) mass is 482 g/mol. The van der Waals surface area contributed by atoms with Crippen LogP contribution in [-0.4, -0.2) is 27.7 Å². The van der Waals surface area contributed by atoms with E-state index in [4.69, 9.17) is 5.73 Å². The van der Waals surface area contributed by atoms with Gasteiger partial charge < -0.3 is 16.4 Å². The molecule has 0 bridgehead atoms. The Balaban J connectivity index is 5.95. The molecule has 0 saturated heterocycles. The van der Waals surface area contributed by atoms with Crippen LogP contribution in [0.25, 0.3) is 0 Å². The molecule has 206 valence electrons. The van der Waals surface area contributed by atoms with Crippen LogP contribution in [0.15, 0.2) is 0 Å². The van der Waals surface area contributed by atoms with Crippen molar-refractivity contribution in [2.75, 3.05) is 0 Å². The maximum absolute atomic E-state index is 6.61. The van der Waals surface area contributed by atoms with E-state index >= 15 is 0 Å². The zero-order chi connectivity index (χ0) is 27.4. The van der Waals surface area contributed by atoms with Gasteiger partial charge in [0.05, 0.1) is 0 Å². The second-order valence-electron chi connectivity index (χ2n) is 15.4. The highest BCUT2D eigenvalue weighted by Crippen LogP contribution is 2.46. The van der Waals surface area contributed by atoms with Gasteiger partial charge in [0, 0.05) is 27.7 Å². The molecule has 0 aromatic carbocycles. The summed E-state index contributed by atoms with van der Waals surface area (Å²) >= 11 is 0. The quantitative estimate of drug-likeness (QED) is 0.220. The highest BCUT2D eigenvalue weighted by Gasteiger charge is 2.49. The molecule has 0 aliphatic heterocycles. The highest BCUT2D eigenvalue weighted by atomic mass is 15.1. The van der Waals surface area contributed by atoms with Crippen LogP contribution in [0.3, 0.4) is 0 Å². The average molecular weight is 482 g/mol. The van der Waals surface area contributed by atoms with Gasteiger partial charge in [-0.3, -0.25) is 0 Å². The van der Waals surface area contributed by atoms with Crippen molar-refractivity contribution in [2.45, 2.75) is 183 Å². The maximum atomic E-state index is 6.61. The van der Waals surface area contributed by atoms with Crippen molar-refractivity contribution in [1.82, 2.24) is 10.6 Å². The summed E-state index contributed by atoms with van der Waals surface area (Å²) in [6.45, 7) is 37.9. The van der Waals surface area contributed by atoms with E-state index in [1.54, 1.807) is 0 Å². The number of hydrogen-bond acceptors (Lipinski definition) is 3. The third kappa shape index (κ3) is 9.74. The molecule has 0 aliphatic carbocycles. The van der Waals surface area contributed by atoms with Gasteiger partial charge in [-0.25, -0.2) is 0 Å². The molecule has 0 spiro atoms. The van der Waals surface area contributed by atoms with Crippen molar-refractivity contribution in [3.63, 3.8) is 0 Å². The van der Waals surface area contributed by atoms with Crippen LogP contribution in [0.4, 0.5) is 0 Å². The Morgan fingerprint density at radius 3 is 1.44 bits per heavy atom. The van der Waals surface area contributed by atoms with Crippen molar-refractivity contribution in [1.29, 1.82) is 0 Å². The molecule has 5 unspecified atom stereocenters. The largest absolute Gasteiger partial charge is 0.325 e. The molecule has 0 rings (SSSR count). The van der Waals surface area contributed by atoms with Gasteiger partial charge >= 0.3 is 0 Å². The SMILES string of the molecule is CCC(C)(N)CC(C)(C)NC(C)(CC)C(C)(CC)CC(C)(C)NC(C)(CC)C(C)CC(C)(C)C. The van der Waals surface area contributed by atoms with Crippen LogP contribution in [-0.2, 0) is 0 Å². The molecule has 34 heavy (non-hydrogen) atoms. The lowest BCUT2D eigenvalue weighted by Gasteiger charge is -2.55. The second-order valence-corrected chi connectivity index (χ2v) is 15.4. The Kier molecular flexibility index (Phi) is 11.5. The van der Waals surface area contributed by atoms with Crippen LogP contribution in [0, 0.1) is 16.7 Å². The molecular formula is C31H67N3. The van der Waals surface area contributed by atoms with Crippen molar-refractivity contribution >= 4 is 0 Å². The summed E-state index contributed by atoms with van der Waals surface area (Å²) in [7, 11) is 0. The fourth-order valence-corrected chi connectivity index (χ4v) is 6.80. The third-order valence-electron chi connectivity index (χ3n) is 9.28. The molecule has 5 atom stereocenters. The minimum absolute atomic E-state index is 0.00760. The first-order valence-corrected chi connectivity index (χ1v) is 14.3. The van der Waals surface area contributed by atoms with Gasteiger partial charge in [0.2, 0.25) is 0 Å². The second kappa shape index (κ2) is 11.5. The van der Waals surface area contributed by atoms with E-state index in [0.29, 0.717) is 11.3 Å². The Hall–Kier alpha value is -0.120. The first-order chi connectivity index (χ1) is 14.9. The van der Waals surface area contributed by atoms with Gasteiger partial charge in [-0.2, -0.15) is 0 Å². The van der Waals surface area contributed by atoms with E-state index < -0.39 is 0 Å². The normalized spacial score (nSPS) is 21.8. The predicted molar refractivity (Wildman–Crippen MR) is 156 cm³/mol. The molecule has 0 aliphatic rings. The standard InChI is InChI=1S/C31H67N3/c1-17-28(13,31(16,20-4)34-27(11,12)23-29(14,32)18-2)22-26(9,10)33-30(15,19-3)24(5)21-25(6,7)8/h24,33-34H,17-23,32H2,1-16H3. The number of nitrogens with one attached hydrogen (secondary N) is 2. The Labute approximate surface area is 216 Å². The molecule has 3 heteroatoms. The zero-order valence-corrected chi connectivity index (χ0v) is 26.6. The lowest BCUT2D eigenvalue weighted by Crippen LogP contribution is -2.66. The summed E-state index contributed by atoms with van der Waals surface area (Å²) in [4.78, 5) is 0. The van der Waals surface area contributed by atoms with E-state index in [1.165, 1.54) is 6.42 Å². The molecule has 0 saturated carbocycles. The first-order valence-electron chi connectivity index (χ1n) is 14.3. The van der Waals surface area contributed by atoms with Gasteiger partial charge in [0.25, 0.3) is 0 Å². The average Bonchev–Trinajstić information content (AvgIpc) is 2.64. The van der Waals surface area contributed by atoms with Gasteiger partial charge in [-0.15, -0.1) is 0 Å². The minimum atomic E-state index is -0.152. The maximum Gasteiger partial charge on any atom is 0.0209 e. The van der Waals surface area contributed by atoms with E-state index in [2.05, 4.69) is 121 Å². The fraction of sp³-hybridized carbons (Fsp3) is 1.00. The van der Waals surface area contributed by atoms with E-state index in [0.717, 1.165) is 38.5 Å². The molecule has 0 radical (unpaired) electrons. The number of hydrogen-bond donors (Lipinski definition) is 3. The number of rotatable bonds is 15. The summed E-state index contributed by atoms with van der Waals surface area (Å²) in [5.41, 5.74) is 7.05. The van der Waals surface area contributed by atoms with Crippen LogP contribution in [0.5, 0.6) is 0 Å². The number of nitrogens with two attached hydrogens (primary N) is 1. The van der Waals surface area contributed by atoms with Gasteiger partial charge in [0.15, 0.2) is 0 Å². The van der Waals surface area contributed by atoms with Gasteiger partial charge in [0.1, 0.15) is 0 Å². The lowest BCUT2D eigenvalue weighted by atomic mass is 9.61. The summed E-state index contributed by atoms with van der Waals surface area (Å²) < 4.78 is 0. The zero-order valence-electron chi connectivity index (χ0n) is 26.6. The topological polar surface area (TPSA) is 50.1 Å². The first kappa shape index (κ1) is 33.9. The lowest BCUT2D eigenvalue weighted by molar-refractivity contribution is 0.0218. The molecular weight excluding hydrogens is 414 g/mol. The van der Waals surface area contributed by atoms with Gasteiger partial charge in [-0.1, -0.05) is 62.3 Å². The molecule has 0 heterocycles. The van der Waals surface area contributed by atoms with Crippen molar-refractivity contribution in [3.05, 3.63) is 0 Å². The van der Waals surface area contributed by atoms with E-state index in [1.807, 2.05) is 0 Å². The van der Waals surface area contributed by atoms with Crippen LogP contribution >= 0.6 is 0 Å². The summed E-state index contributed by atoms with van der Waals surface area (Å²) in [6, 6.07) is 0. The Morgan fingerprint density at radius 2 is 1.09 bits per heavy atom. The van der Waals surface area contributed by atoms with E-state index in [9.17, 15) is 0 Å². The van der Waals surface area contributed by atoms with E-state index in [-0.39, 0.29) is 33.1 Å². The summed E-state index contributed by atoms with van der Waals surface area (Å²) in [5, 5.41) is 8.34. The Morgan fingerprint density at radius 1 is 0.618 bits per heavy atom. The summed E-state index contributed by atoms with van der Waals surface area (Å²) in [5.74, 6) is 0.607. The molecule has 3 nitrogen and oxygen atoms in total. The third-order valence-corrected chi connectivity index (χ3v) is 9.28. The van der Waals surface area contributed by atoms with Gasteiger partial charge in [-0.05, 0) is 110 Å². The molecule has 0 aromatic heterocycles. The molecule has 4 N–H and O–H groups in total. The van der Waals surface area contributed by atoms with Crippen molar-refractivity contribution < 1.29 is 0 Å². The van der Waals surface area contributed by atoms with Crippen LogP contribution in [0.1, 0.15) is 156 Å². The summed E-state index contributed by atoms with van der Waals surface area (Å²) in [6.07, 6.45) is 7.67. The van der Waals surface area contributed by atoms with Crippen LogP contribution in [0.2, 0.25) is 0 Å². The highest BCUT2D eigenvalue weighted by molar-refractivity contribution is 5.07. The predicted octanol–water partition coefficient (Wildman–Crippen LogP) is 8.46. The Bertz CT molecular complexity index is 615. The minimum Gasteiger partial charge on any atom is -0.325 e. The van der Waals surface area contributed by atoms with Crippen LogP contribution < -0.4 is 16.4 Å².